The van der Waals surface area contributed by atoms with Crippen molar-refractivity contribution in [1.82, 2.24) is 0 Å². The Morgan fingerprint density at radius 2 is 1.84 bits per heavy atom. The number of hydrogen-bond donors (Lipinski definition) is 0. The maximum atomic E-state index is 13.5. The maximum absolute atomic E-state index is 13.5. The Bertz CT molecular complexity index is 577. The molecule has 19 heavy (non-hydrogen) atoms. The summed E-state index contributed by atoms with van der Waals surface area (Å²) in [7, 11) is 0. The lowest BCUT2D eigenvalue weighted by molar-refractivity contribution is 0.108. The summed E-state index contributed by atoms with van der Waals surface area (Å²) < 4.78 is 18.9. The van der Waals surface area contributed by atoms with Crippen LogP contribution in [0.5, 0.6) is 5.75 Å². The second kappa shape index (κ2) is 6.04. The highest BCUT2D eigenvalue weighted by Gasteiger charge is 2.08. The Kier molecular flexibility index (Phi) is 4.40. The van der Waals surface area contributed by atoms with E-state index >= 15 is 0 Å². The van der Waals surface area contributed by atoms with Crippen LogP contribution in [0.2, 0.25) is 5.02 Å². The first-order valence-electron chi connectivity index (χ1n) is 5.43. The van der Waals surface area contributed by atoms with Crippen molar-refractivity contribution in [3.63, 3.8) is 0 Å². The van der Waals surface area contributed by atoms with Gasteiger partial charge in [-0.2, -0.15) is 0 Å². The molecule has 2 nitrogen and oxygen atoms in total. The van der Waals surface area contributed by atoms with Crippen LogP contribution >= 0.6 is 23.2 Å². The van der Waals surface area contributed by atoms with Crippen LogP contribution < -0.4 is 4.74 Å². The molecule has 0 saturated heterocycles. The minimum Gasteiger partial charge on any atom is -0.489 e. The van der Waals surface area contributed by atoms with Crippen molar-refractivity contribution >= 4 is 28.4 Å². The maximum Gasteiger partial charge on any atom is 0.252 e. The van der Waals surface area contributed by atoms with Crippen molar-refractivity contribution in [3.8, 4) is 5.75 Å². The molecule has 0 atom stereocenters. The van der Waals surface area contributed by atoms with Crippen LogP contribution in [0.25, 0.3) is 0 Å². The normalized spacial score (nSPS) is 10.3. The first-order valence-corrected chi connectivity index (χ1v) is 6.19. The number of ether oxygens (including phenoxy) is 1. The molecule has 0 spiro atoms. The average Bonchev–Trinajstić information content (AvgIpc) is 2.38. The van der Waals surface area contributed by atoms with Gasteiger partial charge >= 0.3 is 0 Å². The number of carbonyl (C=O) groups excluding carboxylic acids is 1. The van der Waals surface area contributed by atoms with Crippen LogP contribution in [-0.4, -0.2) is 5.24 Å². The fourth-order valence-electron chi connectivity index (χ4n) is 1.51. The largest absolute Gasteiger partial charge is 0.489 e. The Morgan fingerprint density at radius 1 is 1.16 bits per heavy atom. The summed E-state index contributed by atoms with van der Waals surface area (Å²) in [5, 5.41) is -0.226. The fraction of sp³-hybridized carbons (Fsp3) is 0.0714. The molecule has 0 N–H and O–H groups in total. The monoisotopic (exact) mass is 298 g/mol. The predicted octanol–water partition coefficient (Wildman–Crippen LogP) is 4.44. The number of rotatable bonds is 4. The Balaban J connectivity index is 2.08. The third-order valence-corrected chi connectivity index (χ3v) is 3.10. The van der Waals surface area contributed by atoms with Crippen molar-refractivity contribution in [2.75, 3.05) is 0 Å². The van der Waals surface area contributed by atoms with E-state index in [1.807, 2.05) is 0 Å². The minimum absolute atomic E-state index is 0.0136. The van der Waals surface area contributed by atoms with E-state index in [1.54, 1.807) is 18.2 Å². The van der Waals surface area contributed by atoms with Gasteiger partial charge in [-0.15, -0.1) is 0 Å². The van der Waals surface area contributed by atoms with E-state index in [1.165, 1.54) is 24.3 Å². The number of halogens is 3. The van der Waals surface area contributed by atoms with E-state index < -0.39 is 11.1 Å². The van der Waals surface area contributed by atoms with E-state index in [9.17, 15) is 9.18 Å². The lowest BCUT2D eigenvalue weighted by atomic mass is 10.2. The van der Waals surface area contributed by atoms with E-state index in [-0.39, 0.29) is 6.61 Å². The fourth-order valence-corrected chi connectivity index (χ4v) is 1.85. The third-order valence-electron chi connectivity index (χ3n) is 2.53. The Hall–Kier alpha value is -1.58. The molecular weight excluding hydrogens is 290 g/mol. The molecule has 0 amide bonds. The van der Waals surface area contributed by atoms with Gasteiger partial charge in [0.2, 0.25) is 0 Å². The smallest absolute Gasteiger partial charge is 0.252 e. The lowest BCUT2D eigenvalue weighted by Gasteiger charge is -2.08. The molecule has 2 aromatic rings. The molecule has 98 valence electrons. The predicted molar refractivity (Wildman–Crippen MR) is 72.4 cm³/mol. The lowest BCUT2D eigenvalue weighted by Crippen LogP contribution is -1.99. The molecule has 0 aliphatic rings. The van der Waals surface area contributed by atoms with Crippen LogP contribution in [0.3, 0.4) is 0 Å². The van der Waals surface area contributed by atoms with Crippen molar-refractivity contribution in [3.05, 3.63) is 64.4 Å². The quantitative estimate of drug-likeness (QED) is 0.780. The van der Waals surface area contributed by atoms with Crippen LogP contribution in [0.15, 0.2) is 42.5 Å². The molecule has 0 aromatic heterocycles. The van der Waals surface area contributed by atoms with E-state index in [0.717, 1.165) is 0 Å². The zero-order valence-corrected chi connectivity index (χ0v) is 11.2. The van der Waals surface area contributed by atoms with Gasteiger partial charge in [0.1, 0.15) is 18.2 Å². The zero-order valence-electron chi connectivity index (χ0n) is 9.70. The van der Waals surface area contributed by atoms with Crippen LogP contribution in [-0.2, 0) is 6.61 Å². The summed E-state index contributed by atoms with van der Waals surface area (Å²) in [4.78, 5) is 10.9. The van der Waals surface area contributed by atoms with E-state index in [0.29, 0.717) is 21.9 Å². The van der Waals surface area contributed by atoms with Crippen LogP contribution in [0.1, 0.15) is 15.9 Å². The number of carbonyl (C=O) groups is 1. The molecule has 5 heteroatoms. The Labute approximate surface area is 119 Å². The highest BCUT2D eigenvalue weighted by Crippen LogP contribution is 2.21. The summed E-state index contributed by atoms with van der Waals surface area (Å²) in [5.74, 6) is 0.0843. The van der Waals surface area contributed by atoms with Gasteiger partial charge in [0, 0.05) is 11.1 Å². The van der Waals surface area contributed by atoms with E-state index in [4.69, 9.17) is 27.9 Å². The highest BCUT2D eigenvalue weighted by molar-refractivity contribution is 6.67. The molecule has 0 saturated carbocycles. The second-order valence-electron chi connectivity index (χ2n) is 3.79. The first-order chi connectivity index (χ1) is 9.08. The van der Waals surface area contributed by atoms with Gasteiger partial charge in [0.05, 0.1) is 5.02 Å². The molecule has 0 aliphatic heterocycles. The van der Waals surface area contributed by atoms with Gasteiger partial charge in [0.15, 0.2) is 0 Å². The summed E-state index contributed by atoms with van der Waals surface area (Å²) >= 11 is 11.2. The van der Waals surface area contributed by atoms with Gasteiger partial charge < -0.3 is 4.74 Å². The molecule has 0 heterocycles. The average molecular weight is 299 g/mol. The standard InChI is InChI=1S/C14H9Cl2FO2/c15-12-2-1-3-13(17)11(12)8-19-10-6-4-9(5-7-10)14(16)18/h1-7H,8H2. The van der Waals surface area contributed by atoms with Crippen LogP contribution in [0.4, 0.5) is 4.39 Å². The minimum atomic E-state index is -0.538. The van der Waals surface area contributed by atoms with Crippen molar-refractivity contribution in [1.29, 1.82) is 0 Å². The number of hydrogen-bond acceptors (Lipinski definition) is 2. The summed E-state index contributed by atoms with van der Waals surface area (Å²) in [6.07, 6.45) is 0. The van der Waals surface area contributed by atoms with Crippen molar-refractivity contribution in [2.24, 2.45) is 0 Å². The van der Waals surface area contributed by atoms with Gasteiger partial charge in [-0.05, 0) is 48.0 Å². The van der Waals surface area contributed by atoms with Crippen molar-refractivity contribution in [2.45, 2.75) is 6.61 Å². The van der Waals surface area contributed by atoms with E-state index in [2.05, 4.69) is 0 Å². The molecule has 2 aromatic carbocycles. The molecule has 0 unspecified atom stereocenters. The first kappa shape index (κ1) is 13.8. The molecule has 0 radical (unpaired) electrons. The molecule has 0 bridgehead atoms. The summed E-state index contributed by atoms with van der Waals surface area (Å²) in [6.45, 7) is 0.0136. The molecular formula is C14H9Cl2FO2. The molecule has 2 rings (SSSR count). The SMILES string of the molecule is O=C(Cl)c1ccc(OCc2c(F)cccc2Cl)cc1. The number of benzene rings is 2. The van der Waals surface area contributed by atoms with Gasteiger partial charge in [-0.25, -0.2) is 4.39 Å². The molecule has 0 fully saturated rings. The summed E-state index contributed by atoms with van der Waals surface area (Å²) in [5.41, 5.74) is 0.666. The third kappa shape index (κ3) is 3.46. The van der Waals surface area contributed by atoms with Gasteiger partial charge in [0.25, 0.3) is 5.24 Å². The highest BCUT2D eigenvalue weighted by atomic mass is 35.5. The van der Waals surface area contributed by atoms with Crippen LogP contribution in [0, 0.1) is 5.82 Å². The molecule has 0 aliphatic carbocycles. The Morgan fingerprint density at radius 3 is 2.42 bits per heavy atom. The van der Waals surface area contributed by atoms with Gasteiger partial charge in [-0.3, -0.25) is 4.79 Å². The topological polar surface area (TPSA) is 26.3 Å². The van der Waals surface area contributed by atoms with Crippen molar-refractivity contribution < 1.29 is 13.9 Å². The van der Waals surface area contributed by atoms with Gasteiger partial charge in [-0.1, -0.05) is 17.7 Å². The zero-order chi connectivity index (χ0) is 13.8. The summed E-state index contributed by atoms with van der Waals surface area (Å²) in [6, 6.07) is 10.7. The second-order valence-corrected chi connectivity index (χ2v) is 4.54.